The van der Waals surface area contributed by atoms with Crippen LogP contribution < -0.4 is 5.73 Å². The highest BCUT2D eigenvalue weighted by Gasteiger charge is 2.21. The molecular weight excluding hydrogens is 219 g/mol. The molecule has 1 aromatic rings. The molecule has 2 unspecified atom stereocenters. The molecule has 0 spiro atoms. The van der Waals surface area contributed by atoms with Crippen molar-refractivity contribution in [1.29, 1.82) is 0 Å². The SMILES string of the molecule is NCC(O)C(O)c1ccc(F)c([N+](=O)[O-])c1. The van der Waals surface area contributed by atoms with E-state index < -0.39 is 28.6 Å². The highest BCUT2D eigenvalue weighted by molar-refractivity contribution is 5.37. The zero-order valence-electron chi connectivity index (χ0n) is 8.21. The molecule has 0 aromatic heterocycles. The summed E-state index contributed by atoms with van der Waals surface area (Å²) in [5.74, 6) is -0.997. The van der Waals surface area contributed by atoms with Crippen molar-refractivity contribution in [2.45, 2.75) is 12.2 Å². The van der Waals surface area contributed by atoms with Crippen LogP contribution >= 0.6 is 0 Å². The molecule has 4 N–H and O–H groups in total. The lowest BCUT2D eigenvalue weighted by atomic mass is 10.0. The second-order valence-electron chi connectivity index (χ2n) is 3.22. The van der Waals surface area contributed by atoms with Crippen LogP contribution in [0.25, 0.3) is 0 Å². The van der Waals surface area contributed by atoms with Gasteiger partial charge in [-0.25, -0.2) is 0 Å². The first-order valence-corrected chi connectivity index (χ1v) is 4.47. The molecule has 7 heteroatoms. The third kappa shape index (κ3) is 2.51. The van der Waals surface area contributed by atoms with Crippen molar-refractivity contribution in [2.24, 2.45) is 5.73 Å². The van der Waals surface area contributed by atoms with Gasteiger partial charge in [0.2, 0.25) is 5.82 Å². The van der Waals surface area contributed by atoms with Gasteiger partial charge in [0, 0.05) is 12.6 Å². The summed E-state index contributed by atoms with van der Waals surface area (Å²) in [5.41, 5.74) is 4.42. The summed E-state index contributed by atoms with van der Waals surface area (Å²) in [6, 6.07) is 2.89. The second kappa shape index (κ2) is 4.97. The van der Waals surface area contributed by atoms with Gasteiger partial charge in [-0.3, -0.25) is 10.1 Å². The predicted octanol–water partition coefficient (Wildman–Crippen LogP) is 0.0869. The van der Waals surface area contributed by atoms with Gasteiger partial charge in [-0.2, -0.15) is 4.39 Å². The van der Waals surface area contributed by atoms with Crippen molar-refractivity contribution < 1.29 is 19.5 Å². The third-order valence-electron chi connectivity index (χ3n) is 2.11. The summed E-state index contributed by atoms with van der Waals surface area (Å²) in [5, 5.41) is 29.2. The molecule has 0 aliphatic heterocycles. The molecule has 0 aliphatic rings. The van der Waals surface area contributed by atoms with E-state index in [2.05, 4.69) is 0 Å². The van der Waals surface area contributed by atoms with E-state index >= 15 is 0 Å². The van der Waals surface area contributed by atoms with E-state index in [0.29, 0.717) is 0 Å². The predicted molar refractivity (Wildman–Crippen MR) is 53.1 cm³/mol. The van der Waals surface area contributed by atoms with E-state index in [1.165, 1.54) is 0 Å². The molecule has 0 saturated heterocycles. The maximum atomic E-state index is 13.0. The molecule has 0 aliphatic carbocycles. The van der Waals surface area contributed by atoms with E-state index in [1.54, 1.807) is 0 Å². The Bertz CT molecular complexity index is 399. The number of hydrogen-bond acceptors (Lipinski definition) is 5. The molecule has 1 rings (SSSR count). The number of nitro benzene ring substituents is 1. The lowest BCUT2D eigenvalue weighted by molar-refractivity contribution is -0.387. The number of rotatable bonds is 4. The topological polar surface area (TPSA) is 110 Å². The van der Waals surface area contributed by atoms with Crippen molar-refractivity contribution in [2.75, 3.05) is 6.54 Å². The zero-order chi connectivity index (χ0) is 12.3. The van der Waals surface area contributed by atoms with Crippen molar-refractivity contribution in [1.82, 2.24) is 0 Å². The average molecular weight is 230 g/mol. The Morgan fingerprint density at radius 3 is 2.62 bits per heavy atom. The van der Waals surface area contributed by atoms with Crippen molar-refractivity contribution in [3.63, 3.8) is 0 Å². The van der Waals surface area contributed by atoms with E-state index in [1.807, 2.05) is 0 Å². The second-order valence-corrected chi connectivity index (χ2v) is 3.22. The van der Waals surface area contributed by atoms with Crippen LogP contribution in [0.3, 0.4) is 0 Å². The quantitative estimate of drug-likeness (QED) is 0.501. The number of hydrogen-bond donors (Lipinski definition) is 3. The standard InChI is InChI=1S/C9H11FN2O4/c10-6-2-1-5(3-7(6)12(15)16)9(14)8(13)4-11/h1-3,8-9,13-14H,4,11H2. The van der Waals surface area contributed by atoms with E-state index in [9.17, 15) is 24.7 Å². The van der Waals surface area contributed by atoms with Gasteiger partial charge >= 0.3 is 5.69 Å². The Labute approximate surface area is 90.3 Å². The molecule has 0 saturated carbocycles. The smallest absolute Gasteiger partial charge is 0.305 e. The fraction of sp³-hybridized carbons (Fsp3) is 0.333. The highest BCUT2D eigenvalue weighted by Crippen LogP contribution is 2.24. The van der Waals surface area contributed by atoms with Gasteiger partial charge in [-0.1, -0.05) is 6.07 Å². The minimum absolute atomic E-state index is 0.0473. The molecule has 0 amide bonds. The summed E-state index contributed by atoms with van der Waals surface area (Å²) >= 11 is 0. The maximum absolute atomic E-state index is 13.0. The number of benzene rings is 1. The number of nitrogens with zero attached hydrogens (tertiary/aromatic N) is 1. The first kappa shape index (κ1) is 12.5. The van der Waals surface area contributed by atoms with E-state index in [4.69, 9.17) is 5.73 Å². The fourth-order valence-electron chi connectivity index (χ4n) is 1.20. The van der Waals surface area contributed by atoms with Crippen molar-refractivity contribution in [3.8, 4) is 0 Å². The van der Waals surface area contributed by atoms with Gasteiger partial charge in [0.15, 0.2) is 0 Å². The summed E-state index contributed by atoms with van der Waals surface area (Å²) in [6.45, 7) is -0.202. The largest absolute Gasteiger partial charge is 0.389 e. The number of aliphatic hydroxyl groups excluding tert-OH is 2. The molecule has 0 bridgehead atoms. The Hall–Kier alpha value is -1.57. The number of nitrogens with two attached hydrogens (primary N) is 1. The zero-order valence-corrected chi connectivity index (χ0v) is 8.21. The van der Waals surface area contributed by atoms with Crippen LogP contribution in [0.2, 0.25) is 0 Å². The molecule has 1 aromatic carbocycles. The molecule has 2 atom stereocenters. The minimum atomic E-state index is -1.37. The Kier molecular flexibility index (Phi) is 3.88. The van der Waals surface area contributed by atoms with Crippen molar-refractivity contribution >= 4 is 5.69 Å². The van der Waals surface area contributed by atoms with Crippen LogP contribution in [0.5, 0.6) is 0 Å². The van der Waals surface area contributed by atoms with Gasteiger partial charge < -0.3 is 15.9 Å². The third-order valence-corrected chi connectivity index (χ3v) is 2.11. The molecule has 0 radical (unpaired) electrons. The van der Waals surface area contributed by atoms with E-state index in [-0.39, 0.29) is 12.1 Å². The lowest BCUT2D eigenvalue weighted by Gasteiger charge is -2.15. The van der Waals surface area contributed by atoms with Crippen LogP contribution in [-0.2, 0) is 0 Å². The number of nitro groups is 1. The summed E-state index contributed by atoms with van der Waals surface area (Å²) in [7, 11) is 0. The van der Waals surface area contributed by atoms with Gasteiger partial charge in [0.1, 0.15) is 6.10 Å². The number of aliphatic hydroxyl groups is 2. The summed E-state index contributed by atoms with van der Waals surface area (Å²) in [6.07, 6.45) is -2.62. The highest BCUT2D eigenvalue weighted by atomic mass is 19.1. The molecule has 88 valence electrons. The average Bonchev–Trinajstić information content (AvgIpc) is 2.27. The first-order chi connectivity index (χ1) is 7.47. The Morgan fingerprint density at radius 2 is 2.12 bits per heavy atom. The maximum Gasteiger partial charge on any atom is 0.305 e. The van der Waals surface area contributed by atoms with Crippen LogP contribution in [0.15, 0.2) is 18.2 Å². The monoisotopic (exact) mass is 230 g/mol. The van der Waals surface area contributed by atoms with Gasteiger partial charge in [-0.05, 0) is 11.6 Å². The molecule has 0 heterocycles. The molecule has 6 nitrogen and oxygen atoms in total. The Morgan fingerprint density at radius 1 is 1.50 bits per heavy atom. The normalized spacial score (nSPS) is 14.5. The molecular formula is C9H11FN2O4. The summed E-state index contributed by atoms with van der Waals surface area (Å²) < 4.78 is 13.0. The van der Waals surface area contributed by atoms with Gasteiger partial charge in [0.25, 0.3) is 0 Å². The van der Waals surface area contributed by atoms with Gasteiger partial charge in [-0.15, -0.1) is 0 Å². The van der Waals surface area contributed by atoms with Crippen LogP contribution in [0.1, 0.15) is 11.7 Å². The van der Waals surface area contributed by atoms with E-state index in [0.717, 1.165) is 18.2 Å². The minimum Gasteiger partial charge on any atom is -0.389 e. The molecule has 0 fully saturated rings. The fourth-order valence-corrected chi connectivity index (χ4v) is 1.20. The number of halogens is 1. The van der Waals surface area contributed by atoms with Crippen molar-refractivity contribution in [3.05, 3.63) is 39.7 Å². The van der Waals surface area contributed by atoms with Crippen LogP contribution in [-0.4, -0.2) is 27.8 Å². The van der Waals surface area contributed by atoms with Crippen LogP contribution in [0.4, 0.5) is 10.1 Å². The lowest BCUT2D eigenvalue weighted by Crippen LogP contribution is -2.27. The van der Waals surface area contributed by atoms with Crippen LogP contribution in [0, 0.1) is 15.9 Å². The van der Waals surface area contributed by atoms with Gasteiger partial charge in [0.05, 0.1) is 11.0 Å². The summed E-state index contributed by atoms with van der Waals surface area (Å²) in [4.78, 5) is 9.53. The Balaban J connectivity index is 3.07. The molecule has 16 heavy (non-hydrogen) atoms. The first-order valence-electron chi connectivity index (χ1n) is 4.47.